The summed E-state index contributed by atoms with van der Waals surface area (Å²) in [6.45, 7) is 2.11. The number of hydrogen-bond acceptors (Lipinski definition) is 4. The maximum atomic E-state index is 6.46. The predicted molar refractivity (Wildman–Crippen MR) is 175 cm³/mol. The number of benzene rings is 4. The Morgan fingerprint density at radius 3 is 2.31 bits per heavy atom. The second-order valence-electron chi connectivity index (χ2n) is 11.2. The number of fused-ring (bicyclic) bond motifs is 12. The van der Waals surface area contributed by atoms with Gasteiger partial charge in [-0.15, -0.1) is 23.6 Å². The van der Waals surface area contributed by atoms with E-state index in [1.165, 1.54) is 16.3 Å². The van der Waals surface area contributed by atoms with Gasteiger partial charge in [-0.05, 0) is 42.1 Å². The minimum absolute atomic E-state index is 0. The fourth-order valence-electron chi connectivity index (χ4n) is 6.80. The fourth-order valence-corrected chi connectivity index (χ4v) is 6.80. The van der Waals surface area contributed by atoms with E-state index >= 15 is 0 Å². The molecule has 0 amide bonds. The Hall–Kier alpha value is -5.32. The van der Waals surface area contributed by atoms with E-state index < -0.39 is 0 Å². The molecule has 6 aromatic heterocycles. The second kappa shape index (κ2) is 9.59. The Morgan fingerprint density at radius 2 is 1.42 bits per heavy atom. The number of para-hydroxylation sites is 1. The first-order chi connectivity index (χ1) is 21.7. The van der Waals surface area contributed by atoms with Crippen LogP contribution in [0.2, 0.25) is 0 Å². The molecule has 0 radical (unpaired) electrons. The first-order valence-corrected chi connectivity index (χ1v) is 14.5. The molecule has 0 atom stereocenters. The Balaban J connectivity index is 0.00000281. The van der Waals surface area contributed by atoms with Gasteiger partial charge >= 0.3 is 21.1 Å². The molecule has 7 heteroatoms. The van der Waals surface area contributed by atoms with Crippen molar-refractivity contribution in [2.75, 3.05) is 0 Å². The van der Waals surface area contributed by atoms with Gasteiger partial charge in [-0.3, -0.25) is 9.97 Å². The molecule has 0 aliphatic carbocycles. The quantitative estimate of drug-likeness (QED) is 0.134. The van der Waals surface area contributed by atoms with Crippen molar-refractivity contribution >= 4 is 65.7 Å². The fraction of sp³-hybridized carbons (Fsp3) is 0.0263. The number of rotatable bonds is 3. The Kier molecular flexibility index (Phi) is 5.56. The van der Waals surface area contributed by atoms with Crippen LogP contribution in [-0.2, 0) is 21.1 Å². The van der Waals surface area contributed by atoms with Crippen LogP contribution >= 0.6 is 0 Å². The zero-order valence-electron chi connectivity index (χ0n) is 23.9. The summed E-state index contributed by atoms with van der Waals surface area (Å²) < 4.78 is 10.8. The zero-order chi connectivity index (χ0) is 28.9. The van der Waals surface area contributed by atoms with E-state index in [9.17, 15) is 0 Å². The van der Waals surface area contributed by atoms with Gasteiger partial charge in [0.1, 0.15) is 5.65 Å². The van der Waals surface area contributed by atoms with Crippen molar-refractivity contribution in [3.05, 3.63) is 127 Å². The molecule has 0 saturated heterocycles. The molecule has 214 valence electrons. The van der Waals surface area contributed by atoms with Crippen LogP contribution in [0.5, 0.6) is 11.5 Å². The molecule has 10 aromatic rings. The molecule has 6 heterocycles. The third-order valence-corrected chi connectivity index (χ3v) is 8.75. The molecular formula is C38H21N5OPt. The number of ether oxygens (including phenoxy) is 1. The van der Waals surface area contributed by atoms with E-state index in [2.05, 4.69) is 88.7 Å². The van der Waals surface area contributed by atoms with Gasteiger partial charge in [0.2, 0.25) is 0 Å². The van der Waals surface area contributed by atoms with Crippen LogP contribution < -0.4 is 4.74 Å². The first-order valence-electron chi connectivity index (χ1n) is 14.5. The number of aromatic nitrogens is 5. The van der Waals surface area contributed by atoms with Gasteiger partial charge in [0.25, 0.3) is 0 Å². The average Bonchev–Trinajstić information content (AvgIpc) is 3.75. The first kappa shape index (κ1) is 26.1. The van der Waals surface area contributed by atoms with Gasteiger partial charge in [0.15, 0.2) is 0 Å². The van der Waals surface area contributed by atoms with Crippen molar-refractivity contribution in [2.45, 2.75) is 6.92 Å². The summed E-state index contributed by atoms with van der Waals surface area (Å²) in [4.78, 5) is 14.6. The summed E-state index contributed by atoms with van der Waals surface area (Å²) in [5, 5.41) is 6.45. The number of pyridine rings is 3. The van der Waals surface area contributed by atoms with E-state index in [-0.39, 0.29) is 21.1 Å². The van der Waals surface area contributed by atoms with Crippen molar-refractivity contribution in [3.63, 3.8) is 0 Å². The molecule has 4 aromatic carbocycles. The van der Waals surface area contributed by atoms with Crippen LogP contribution in [0.3, 0.4) is 0 Å². The molecule has 45 heavy (non-hydrogen) atoms. The maximum absolute atomic E-state index is 6.46. The zero-order valence-corrected chi connectivity index (χ0v) is 26.1. The van der Waals surface area contributed by atoms with Crippen molar-refractivity contribution in [2.24, 2.45) is 0 Å². The van der Waals surface area contributed by atoms with Gasteiger partial charge in [-0.1, -0.05) is 70.9 Å². The van der Waals surface area contributed by atoms with Crippen LogP contribution in [0, 0.1) is 19.1 Å². The SMILES string of the molecule is Cc1ccccc1-c1cn2c3cccnc3c3ccc(Oc4[c-]c5c(cc4)c4cccc6c7cccnc7n5c46)[c-]c3c2n1.[Pt+2]. The third kappa shape index (κ3) is 3.63. The number of aryl methyl sites for hydroxylation is 1. The van der Waals surface area contributed by atoms with Crippen LogP contribution in [-0.4, -0.2) is 23.8 Å². The Labute approximate surface area is 271 Å². The molecule has 0 aliphatic heterocycles. The minimum Gasteiger partial charge on any atom is -0.503 e. The molecule has 10 rings (SSSR count). The maximum Gasteiger partial charge on any atom is 2.00 e. The van der Waals surface area contributed by atoms with E-state index in [1.54, 1.807) is 0 Å². The van der Waals surface area contributed by atoms with Crippen LogP contribution in [0.15, 0.2) is 110 Å². The van der Waals surface area contributed by atoms with Crippen molar-refractivity contribution in [3.8, 4) is 22.8 Å². The van der Waals surface area contributed by atoms with Crippen molar-refractivity contribution in [1.29, 1.82) is 0 Å². The van der Waals surface area contributed by atoms with Gasteiger partial charge in [-0.25, -0.2) is 4.98 Å². The minimum atomic E-state index is 0. The summed E-state index contributed by atoms with van der Waals surface area (Å²) in [7, 11) is 0. The van der Waals surface area contributed by atoms with E-state index in [0.29, 0.717) is 11.5 Å². The molecule has 0 bridgehead atoms. The van der Waals surface area contributed by atoms with E-state index in [4.69, 9.17) is 19.7 Å². The Morgan fingerprint density at radius 1 is 0.667 bits per heavy atom. The second-order valence-corrected chi connectivity index (χ2v) is 11.2. The third-order valence-electron chi connectivity index (χ3n) is 8.75. The molecule has 0 aliphatic rings. The molecule has 0 N–H and O–H groups in total. The summed E-state index contributed by atoms with van der Waals surface area (Å²) >= 11 is 0. The number of hydrogen-bond donors (Lipinski definition) is 0. The van der Waals surface area contributed by atoms with Gasteiger partial charge < -0.3 is 13.5 Å². The van der Waals surface area contributed by atoms with Crippen molar-refractivity contribution in [1.82, 2.24) is 23.8 Å². The van der Waals surface area contributed by atoms with E-state index in [1.807, 2.05) is 48.8 Å². The normalized spacial score (nSPS) is 11.9. The molecule has 0 spiro atoms. The molecule has 0 unspecified atom stereocenters. The number of nitrogens with zero attached hydrogens (tertiary/aromatic N) is 5. The molecule has 0 saturated carbocycles. The smallest absolute Gasteiger partial charge is 0.503 e. The molecular weight excluding hydrogens is 738 g/mol. The molecule has 0 fully saturated rings. The van der Waals surface area contributed by atoms with Gasteiger partial charge in [0.05, 0.1) is 22.4 Å². The molecule has 6 nitrogen and oxygen atoms in total. The Bertz CT molecular complexity index is 2780. The summed E-state index contributed by atoms with van der Waals surface area (Å²) in [6, 6.07) is 38.1. The van der Waals surface area contributed by atoms with Crippen LogP contribution in [0.25, 0.3) is 76.9 Å². The average molecular weight is 759 g/mol. The number of imidazole rings is 1. The van der Waals surface area contributed by atoms with Crippen molar-refractivity contribution < 1.29 is 25.8 Å². The van der Waals surface area contributed by atoms with Gasteiger partial charge in [0, 0.05) is 51.9 Å². The van der Waals surface area contributed by atoms with Gasteiger partial charge in [-0.2, -0.15) is 6.07 Å². The summed E-state index contributed by atoms with van der Waals surface area (Å²) in [5.74, 6) is 1.19. The largest absolute Gasteiger partial charge is 2.00 e. The van der Waals surface area contributed by atoms with E-state index in [0.717, 1.165) is 66.2 Å². The summed E-state index contributed by atoms with van der Waals surface area (Å²) in [6.07, 6.45) is 5.75. The standard InChI is InChI=1S/C38H21N5O.Pt/c1-22-7-2-3-8-25(22)32-21-42-33-12-6-17-39-35(33)27-16-14-23(19-31(27)38(42)41-32)44-24-13-15-26-28-9-4-10-29-30-11-5-18-40-37(30)43(36(28)29)34(26)20-24;/h2-18,21H,1H3;/q-2;+2. The van der Waals surface area contributed by atoms with Crippen LogP contribution in [0.4, 0.5) is 0 Å². The topological polar surface area (TPSA) is 56.7 Å². The predicted octanol–water partition coefficient (Wildman–Crippen LogP) is 8.95. The summed E-state index contributed by atoms with van der Waals surface area (Å²) in [5.41, 5.74) is 8.90. The monoisotopic (exact) mass is 758 g/mol. The van der Waals surface area contributed by atoms with Crippen LogP contribution in [0.1, 0.15) is 5.56 Å².